The van der Waals surface area contributed by atoms with Crippen molar-refractivity contribution >= 4 is 21.8 Å². The quantitative estimate of drug-likeness (QED) is 0.188. The van der Waals surface area contributed by atoms with Gasteiger partial charge in [-0.05, 0) is 59.0 Å². The molecule has 0 aliphatic heterocycles. The van der Waals surface area contributed by atoms with Gasteiger partial charge in [-0.3, -0.25) is 4.57 Å². The molecule has 5 nitrogen and oxygen atoms in total. The molecule has 0 fully saturated rings. The van der Waals surface area contributed by atoms with Crippen molar-refractivity contribution < 1.29 is 4.74 Å². The monoisotopic (exact) mass is 610 g/mol. The van der Waals surface area contributed by atoms with E-state index in [0.29, 0.717) is 0 Å². The minimum absolute atomic E-state index is 0.00650. The molecular weight excluding hydrogens is 576 g/mol. The molecule has 0 aliphatic rings. The maximum absolute atomic E-state index is 6.58. The van der Waals surface area contributed by atoms with Gasteiger partial charge in [0.15, 0.2) is 0 Å². The third kappa shape index (κ3) is 5.26. The fourth-order valence-corrected chi connectivity index (χ4v) is 6.33. The number of aromatic nitrogens is 4. The Morgan fingerprint density at radius 2 is 1.30 bits per heavy atom. The first-order valence-electron chi connectivity index (χ1n) is 15.9. The lowest BCUT2D eigenvalue weighted by Crippen LogP contribution is -2.12. The molecule has 0 unspecified atom stereocenters. The van der Waals surface area contributed by atoms with Crippen LogP contribution in [0.1, 0.15) is 26.3 Å². The van der Waals surface area contributed by atoms with Crippen molar-refractivity contribution in [2.45, 2.75) is 26.2 Å². The molecule has 0 spiro atoms. The van der Waals surface area contributed by atoms with E-state index >= 15 is 0 Å². The lowest BCUT2D eigenvalue weighted by Gasteiger charge is -2.20. The lowest BCUT2D eigenvalue weighted by molar-refractivity contribution is 0.483. The van der Waals surface area contributed by atoms with Crippen LogP contribution in [0.2, 0.25) is 0 Å². The van der Waals surface area contributed by atoms with E-state index in [4.69, 9.17) is 14.8 Å². The molecule has 0 aliphatic carbocycles. The van der Waals surface area contributed by atoms with Crippen LogP contribution in [0.3, 0.4) is 0 Å². The zero-order valence-corrected chi connectivity index (χ0v) is 26.6. The van der Waals surface area contributed by atoms with Crippen LogP contribution in [0.25, 0.3) is 55.7 Å². The van der Waals surface area contributed by atoms with Crippen LogP contribution in [0, 0.1) is 0 Å². The zero-order chi connectivity index (χ0) is 32.0. The van der Waals surface area contributed by atoms with Crippen LogP contribution in [-0.4, -0.2) is 19.3 Å². The van der Waals surface area contributed by atoms with Crippen molar-refractivity contribution in [1.82, 2.24) is 19.3 Å². The molecule has 8 aromatic rings. The van der Waals surface area contributed by atoms with E-state index in [1.807, 2.05) is 53.5 Å². The summed E-state index contributed by atoms with van der Waals surface area (Å²) in [5.41, 5.74) is 8.64. The fraction of sp³-hybridized carbons (Fsp3) is 0.0952. The van der Waals surface area contributed by atoms with Gasteiger partial charge in [-0.15, -0.1) is 0 Å². The molecule has 0 radical (unpaired) electrons. The van der Waals surface area contributed by atoms with Crippen molar-refractivity contribution in [2.75, 3.05) is 0 Å². The summed E-state index contributed by atoms with van der Waals surface area (Å²) in [4.78, 5) is 4.82. The molecule has 0 bridgehead atoms. The smallest absolute Gasteiger partial charge is 0.137 e. The first-order chi connectivity index (χ1) is 22.9. The van der Waals surface area contributed by atoms with E-state index < -0.39 is 0 Å². The first kappa shape index (κ1) is 28.5. The van der Waals surface area contributed by atoms with E-state index in [1.54, 1.807) is 0 Å². The molecule has 0 atom stereocenters. The van der Waals surface area contributed by atoms with E-state index in [2.05, 4.69) is 128 Å². The van der Waals surface area contributed by atoms with Gasteiger partial charge in [-0.2, -0.15) is 5.10 Å². The van der Waals surface area contributed by atoms with Crippen molar-refractivity contribution in [3.8, 4) is 45.4 Å². The number of hydrogen-bond donors (Lipinski definition) is 0. The number of para-hydroxylation sites is 1. The third-order valence-electron chi connectivity index (χ3n) is 8.68. The second kappa shape index (κ2) is 11.5. The van der Waals surface area contributed by atoms with Crippen LogP contribution < -0.4 is 4.74 Å². The predicted molar refractivity (Wildman–Crippen MR) is 192 cm³/mol. The molecular formula is C42H34N4O. The number of ether oxygens (including phenoxy) is 1. The number of pyridine rings is 1. The molecule has 3 heterocycles. The molecule has 0 N–H and O–H groups in total. The lowest BCUT2D eigenvalue weighted by atomic mass is 9.88. The highest BCUT2D eigenvalue weighted by Gasteiger charge is 2.19. The third-order valence-corrected chi connectivity index (χ3v) is 8.68. The Morgan fingerprint density at radius 3 is 2.09 bits per heavy atom. The number of nitrogens with zero attached hydrogens (tertiary/aromatic N) is 4. The van der Waals surface area contributed by atoms with Crippen molar-refractivity contribution in [1.29, 1.82) is 0 Å². The molecule has 5 aromatic carbocycles. The molecule has 0 amide bonds. The summed E-state index contributed by atoms with van der Waals surface area (Å²) >= 11 is 0. The van der Waals surface area contributed by atoms with Crippen LogP contribution in [-0.2, 0) is 5.41 Å². The van der Waals surface area contributed by atoms with Crippen molar-refractivity contribution in [3.63, 3.8) is 0 Å². The minimum Gasteiger partial charge on any atom is -0.457 e. The van der Waals surface area contributed by atoms with Crippen LogP contribution >= 0.6 is 0 Å². The molecule has 8 rings (SSSR count). The van der Waals surface area contributed by atoms with Gasteiger partial charge in [0, 0.05) is 40.2 Å². The highest BCUT2D eigenvalue weighted by Crippen LogP contribution is 2.37. The van der Waals surface area contributed by atoms with Gasteiger partial charge >= 0.3 is 0 Å². The normalized spacial score (nSPS) is 11.7. The maximum Gasteiger partial charge on any atom is 0.137 e. The summed E-state index contributed by atoms with van der Waals surface area (Å²) in [5, 5.41) is 7.21. The second-order valence-electron chi connectivity index (χ2n) is 12.8. The summed E-state index contributed by atoms with van der Waals surface area (Å²) in [7, 11) is 0. The number of fused-ring (bicyclic) bond motifs is 3. The Balaban J connectivity index is 1.21. The zero-order valence-electron chi connectivity index (χ0n) is 26.6. The average molecular weight is 611 g/mol. The Morgan fingerprint density at radius 1 is 0.596 bits per heavy atom. The average Bonchev–Trinajstić information content (AvgIpc) is 3.69. The van der Waals surface area contributed by atoms with Crippen molar-refractivity contribution in [2.24, 2.45) is 0 Å². The molecule has 3 aromatic heterocycles. The summed E-state index contributed by atoms with van der Waals surface area (Å²) in [6.45, 7) is 6.69. The number of hydrogen-bond acceptors (Lipinski definition) is 3. The van der Waals surface area contributed by atoms with Crippen LogP contribution in [0.15, 0.2) is 152 Å². The predicted octanol–water partition coefficient (Wildman–Crippen LogP) is 10.8. The molecule has 0 saturated carbocycles. The number of benzene rings is 5. The standard InChI is InChI=1S/C42H34N4O/c1-42(2,3)31-23-24-43-40(25-31)45-38-20-11-10-19-35(38)36-22-21-34(27-39(36)45)47-33-18-12-17-32(26-33)46-41(30-15-8-5-9-16-30)37(28-44-46)29-13-6-4-7-14-29/h4-28H,1-3H3. The summed E-state index contributed by atoms with van der Waals surface area (Å²) in [6, 6.07) is 48.0. The Hall–Kier alpha value is -5.94. The highest BCUT2D eigenvalue weighted by molar-refractivity contribution is 6.09. The summed E-state index contributed by atoms with van der Waals surface area (Å²) in [5.74, 6) is 2.37. The summed E-state index contributed by atoms with van der Waals surface area (Å²) < 4.78 is 10.8. The van der Waals surface area contributed by atoms with Gasteiger partial charge in [-0.25, -0.2) is 9.67 Å². The van der Waals surface area contributed by atoms with Crippen molar-refractivity contribution in [3.05, 3.63) is 157 Å². The number of rotatable bonds is 6. The topological polar surface area (TPSA) is 44.9 Å². The first-order valence-corrected chi connectivity index (χ1v) is 15.9. The minimum atomic E-state index is 0.00650. The Bertz CT molecular complexity index is 2360. The molecule has 228 valence electrons. The summed E-state index contributed by atoms with van der Waals surface area (Å²) in [6.07, 6.45) is 3.85. The molecule has 47 heavy (non-hydrogen) atoms. The van der Waals surface area contributed by atoms with E-state index in [9.17, 15) is 0 Å². The Kier molecular flexibility index (Phi) is 6.95. The highest BCUT2D eigenvalue weighted by atomic mass is 16.5. The molecule has 0 saturated heterocycles. The van der Waals surface area contributed by atoms with Gasteiger partial charge in [0.1, 0.15) is 17.3 Å². The van der Waals surface area contributed by atoms with E-state index in [0.717, 1.165) is 61.8 Å². The fourth-order valence-electron chi connectivity index (χ4n) is 6.33. The Labute approximate surface area is 274 Å². The molecule has 5 heteroatoms. The van der Waals surface area contributed by atoms with Crippen LogP contribution in [0.4, 0.5) is 0 Å². The van der Waals surface area contributed by atoms with Gasteiger partial charge in [0.2, 0.25) is 0 Å². The second-order valence-corrected chi connectivity index (χ2v) is 12.8. The van der Waals surface area contributed by atoms with Gasteiger partial charge in [0.25, 0.3) is 0 Å². The SMILES string of the molecule is CC(C)(C)c1ccnc(-n2c3ccccc3c3ccc(Oc4cccc(-n5ncc(-c6ccccc6)c5-c5ccccc5)c4)cc32)c1. The largest absolute Gasteiger partial charge is 0.457 e. The van der Waals surface area contributed by atoms with Gasteiger partial charge in [-0.1, -0.05) is 106 Å². The van der Waals surface area contributed by atoms with E-state index in [-0.39, 0.29) is 5.41 Å². The van der Waals surface area contributed by atoms with E-state index in [1.165, 1.54) is 10.9 Å². The van der Waals surface area contributed by atoms with Crippen LogP contribution in [0.5, 0.6) is 11.5 Å². The maximum atomic E-state index is 6.58. The van der Waals surface area contributed by atoms with Gasteiger partial charge < -0.3 is 4.74 Å². The van der Waals surface area contributed by atoms with Gasteiger partial charge in [0.05, 0.1) is 28.6 Å².